The summed E-state index contributed by atoms with van der Waals surface area (Å²) < 4.78 is 13.3. The topological polar surface area (TPSA) is 33.1 Å². The third kappa shape index (κ3) is 2.98. The molecule has 2 nitrogen and oxygen atoms in total. The van der Waals surface area contributed by atoms with Crippen LogP contribution in [0.15, 0.2) is 42.6 Å². The second-order valence-corrected chi connectivity index (χ2v) is 6.16. The predicted molar refractivity (Wildman–Crippen MR) is 80.6 cm³/mol. The Morgan fingerprint density at radius 2 is 2.19 bits per heavy atom. The molecule has 0 amide bonds. The van der Waals surface area contributed by atoms with E-state index < -0.39 is 5.60 Å². The van der Waals surface area contributed by atoms with Crippen molar-refractivity contribution in [3.63, 3.8) is 0 Å². The number of benzene rings is 1. The van der Waals surface area contributed by atoms with Crippen LogP contribution in [0.25, 0.3) is 0 Å². The van der Waals surface area contributed by atoms with Crippen LogP contribution >= 0.6 is 0 Å². The summed E-state index contributed by atoms with van der Waals surface area (Å²) in [6.45, 7) is 1.84. The number of hydrogen-bond acceptors (Lipinski definition) is 2. The van der Waals surface area contributed by atoms with E-state index in [0.717, 1.165) is 30.5 Å². The first-order chi connectivity index (χ1) is 10.1. The third-order valence-electron chi connectivity index (χ3n) is 4.40. The Bertz CT molecular complexity index is 639. The molecule has 0 spiro atoms. The molecule has 1 aromatic heterocycles. The molecule has 0 radical (unpaired) electrons. The molecule has 0 bridgehead atoms. The van der Waals surface area contributed by atoms with Crippen molar-refractivity contribution in [2.45, 2.75) is 44.1 Å². The number of fused-ring (bicyclic) bond motifs is 1. The van der Waals surface area contributed by atoms with E-state index in [2.05, 4.69) is 11.1 Å². The van der Waals surface area contributed by atoms with Gasteiger partial charge in [-0.05, 0) is 55.5 Å². The van der Waals surface area contributed by atoms with Crippen molar-refractivity contribution in [1.29, 1.82) is 0 Å². The van der Waals surface area contributed by atoms with E-state index in [4.69, 9.17) is 0 Å². The van der Waals surface area contributed by atoms with Crippen molar-refractivity contribution in [2.75, 3.05) is 0 Å². The van der Waals surface area contributed by atoms with Crippen molar-refractivity contribution in [1.82, 2.24) is 4.98 Å². The third-order valence-corrected chi connectivity index (χ3v) is 4.40. The number of halogens is 1. The van der Waals surface area contributed by atoms with Gasteiger partial charge < -0.3 is 5.11 Å². The van der Waals surface area contributed by atoms with Crippen LogP contribution in [0.3, 0.4) is 0 Å². The maximum atomic E-state index is 13.3. The summed E-state index contributed by atoms with van der Waals surface area (Å²) in [5, 5.41) is 11.0. The maximum Gasteiger partial charge on any atom is 0.123 e. The number of pyridine rings is 1. The summed E-state index contributed by atoms with van der Waals surface area (Å²) in [5.41, 5.74) is 2.14. The average molecular weight is 285 g/mol. The molecule has 0 fully saturated rings. The minimum absolute atomic E-state index is 0.00529. The van der Waals surface area contributed by atoms with Gasteiger partial charge >= 0.3 is 0 Å². The summed E-state index contributed by atoms with van der Waals surface area (Å²) >= 11 is 0. The molecule has 0 aliphatic heterocycles. The van der Waals surface area contributed by atoms with Gasteiger partial charge in [-0.3, -0.25) is 4.98 Å². The van der Waals surface area contributed by atoms with Crippen LogP contribution < -0.4 is 0 Å². The second kappa shape index (κ2) is 5.57. The molecule has 1 aliphatic rings. The van der Waals surface area contributed by atoms with E-state index in [1.165, 1.54) is 17.7 Å². The molecule has 3 rings (SSSR count). The Morgan fingerprint density at radius 1 is 1.33 bits per heavy atom. The van der Waals surface area contributed by atoms with Crippen molar-refractivity contribution >= 4 is 0 Å². The van der Waals surface area contributed by atoms with Crippen molar-refractivity contribution in [3.8, 4) is 0 Å². The van der Waals surface area contributed by atoms with Crippen LogP contribution in [0.1, 0.15) is 42.5 Å². The quantitative estimate of drug-likeness (QED) is 0.934. The van der Waals surface area contributed by atoms with Gasteiger partial charge in [-0.25, -0.2) is 4.39 Å². The molecule has 1 aliphatic carbocycles. The fraction of sp³-hybridized carbons (Fsp3) is 0.389. The highest BCUT2D eigenvalue weighted by molar-refractivity contribution is 5.30. The second-order valence-electron chi connectivity index (χ2n) is 6.16. The fourth-order valence-corrected chi connectivity index (χ4v) is 3.40. The van der Waals surface area contributed by atoms with Gasteiger partial charge in [-0.15, -0.1) is 0 Å². The van der Waals surface area contributed by atoms with E-state index in [1.807, 2.05) is 19.1 Å². The molecule has 21 heavy (non-hydrogen) atoms. The number of rotatable bonds is 3. The van der Waals surface area contributed by atoms with Gasteiger partial charge in [-0.1, -0.05) is 18.2 Å². The minimum atomic E-state index is -0.919. The monoisotopic (exact) mass is 285 g/mol. The molecule has 2 atom stereocenters. The smallest absolute Gasteiger partial charge is 0.123 e. The Labute approximate surface area is 124 Å². The molecule has 1 N–H and O–H groups in total. The van der Waals surface area contributed by atoms with Gasteiger partial charge in [0.15, 0.2) is 0 Å². The van der Waals surface area contributed by atoms with Crippen LogP contribution in [-0.2, 0) is 12.8 Å². The highest BCUT2D eigenvalue weighted by atomic mass is 19.1. The van der Waals surface area contributed by atoms with E-state index in [-0.39, 0.29) is 11.7 Å². The molecule has 0 saturated heterocycles. The molecule has 2 unspecified atom stereocenters. The first-order valence-corrected chi connectivity index (χ1v) is 7.47. The Kier molecular flexibility index (Phi) is 3.77. The van der Waals surface area contributed by atoms with Crippen LogP contribution in [0.5, 0.6) is 0 Å². The number of nitrogens with zero attached hydrogens (tertiary/aromatic N) is 1. The zero-order valence-electron chi connectivity index (χ0n) is 12.2. The fourth-order valence-electron chi connectivity index (χ4n) is 3.40. The lowest BCUT2D eigenvalue weighted by Gasteiger charge is -2.36. The van der Waals surface area contributed by atoms with Crippen molar-refractivity contribution < 1.29 is 9.50 Å². The highest BCUT2D eigenvalue weighted by Gasteiger charge is 2.37. The molecular weight excluding hydrogens is 265 g/mol. The number of aliphatic hydroxyl groups is 1. The van der Waals surface area contributed by atoms with Gasteiger partial charge in [-0.2, -0.15) is 0 Å². The summed E-state index contributed by atoms with van der Waals surface area (Å²) in [6.07, 6.45) is 5.23. The normalized spacial score (nSPS) is 20.6. The molecule has 110 valence electrons. The molecular formula is C18H20FNO. The van der Waals surface area contributed by atoms with E-state index in [0.29, 0.717) is 6.42 Å². The molecule has 1 aromatic carbocycles. The summed E-state index contributed by atoms with van der Waals surface area (Å²) in [6, 6.07) is 10.5. The first-order valence-electron chi connectivity index (χ1n) is 7.47. The highest BCUT2D eigenvalue weighted by Crippen LogP contribution is 2.39. The van der Waals surface area contributed by atoms with Crippen molar-refractivity contribution in [3.05, 3.63) is 65.2 Å². The lowest BCUT2D eigenvalue weighted by atomic mass is 9.74. The standard InChI is InChI=1S/C18H20FNO/c1-18(21,12-13-5-2-8-15(19)11-13)16-9-3-6-14-7-4-10-20-17(14)16/h2,4-5,7-8,10-11,16,21H,3,6,9,12H2,1H3. The van der Waals surface area contributed by atoms with Crippen LogP contribution in [0.4, 0.5) is 4.39 Å². The molecule has 0 saturated carbocycles. The first kappa shape index (κ1) is 14.2. The zero-order chi connectivity index (χ0) is 14.9. The Hall–Kier alpha value is -1.74. The molecule has 2 aromatic rings. The summed E-state index contributed by atoms with van der Waals surface area (Å²) in [7, 11) is 0. The predicted octanol–water partition coefficient (Wildman–Crippen LogP) is 3.63. The lowest BCUT2D eigenvalue weighted by molar-refractivity contribution is 0.0233. The van der Waals surface area contributed by atoms with Gasteiger partial charge in [0.05, 0.1) is 5.60 Å². The average Bonchev–Trinajstić information content (AvgIpc) is 2.46. The van der Waals surface area contributed by atoms with Gasteiger partial charge in [0.1, 0.15) is 5.82 Å². The van der Waals surface area contributed by atoms with Gasteiger partial charge in [0.25, 0.3) is 0 Å². The van der Waals surface area contributed by atoms with Gasteiger partial charge in [0, 0.05) is 24.2 Å². The van der Waals surface area contributed by atoms with Crippen molar-refractivity contribution in [2.24, 2.45) is 0 Å². The van der Waals surface area contributed by atoms with Crippen LogP contribution in [-0.4, -0.2) is 15.7 Å². The van der Waals surface area contributed by atoms with Crippen LogP contribution in [0.2, 0.25) is 0 Å². The summed E-state index contributed by atoms with van der Waals surface area (Å²) in [5.74, 6) is -0.254. The number of aryl methyl sites for hydroxylation is 1. The SMILES string of the molecule is CC(O)(Cc1cccc(F)c1)C1CCCc2cccnc21. The van der Waals surface area contributed by atoms with Gasteiger partial charge in [0.2, 0.25) is 0 Å². The Balaban J connectivity index is 1.89. The lowest BCUT2D eigenvalue weighted by Crippen LogP contribution is -2.37. The van der Waals surface area contributed by atoms with E-state index >= 15 is 0 Å². The molecule has 1 heterocycles. The number of aromatic nitrogens is 1. The summed E-state index contributed by atoms with van der Waals surface area (Å²) in [4.78, 5) is 4.49. The minimum Gasteiger partial charge on any atom is -0.389 e. The molecule has 3 heteroatoms. The van der Waals surface area contributed by atoms with Crippen LogP contribution in [0, 0.1) is 5.82 Å². The van der Waals surface area contributed by atoms with E-state index in [1.54, 1.807) is 12.3 Å². The van der Waals surface area contributed by atoms with E-state index in [9.17, 15) is 9.50 Å². The maximum absolute atomic E-state index is 13.3. The zero-order valence-corrected chi connectivity index (χ0v) is 12.2. The largest absolute Gasteiger partial charge is 0.389 e. The number of hydrogen-bond donors (Lipinski definition) is 1. The Morgan fingerprint density at radius 3 is 3.00 bits per heavy atom.